The van der Waals surface area contributed by atoms with Crippen LogP contribution in [0.15, 0.2) is 47.0 Å². The molecular weight excluding hydrogens is 366 g/mol. The van der Waals surface area contributed by atoms with Gasteiger partial charge in [0.2, 0.25) is 5.91 Å². The fourth-order valence-corrected chi connectivity index (χ4v) is 3.45. The molecule has 0 N–H and O–H groups in total. The highest BCUT2D eigenvalue weighted by Gasteiger charge is 2.35. The van der Waals surface area contributed by atoms with Crippen molar-refractivity contribution in [3.63, 3.8) is 0 Å². The first-order valence-electron chi connectivity index (χ1n) is 8.59. The number of aryl methyl sites for hydroxylation is 1. The van der Waals surface area contributed by atoms with Crippen molar-refractivity contribution in [1.82, 2.24) is 10.1 Å². The van der Waals surface area contributed by atoms with Gasteiger partial charge >= 0.3 is 0 Å². The van der Waals surface area contributed by atoms with Crippen LogP contribution in [-0.4, -0.2) is 29.7 Å². The molecule has 2 heterocycles. The van der Waals surface area contributed by atoms with Gasteiger partial charge in [-0.2, -0.15) is 4.98 Å². The molecule has 0 aliphatic carbocycles. The number of nitrogens with zero attached hydrogens (tertiary/aromatic N) is 3. The van der Waals surface area contributed by atoms with Crippen molar-refractivity contribution in [1.29, 1.82) is 0 Å². The molecule has 27 heavy (non-hydrogen) atoms. The van der Waals surface area contributed by atoms with E-state index in [4.69, 9.17) is 20.9 Å². The molecule has 2 aromatic carbocycles. The van der Waals surface area contributed by atoms with Crippen molar-refractivity contribution in [2.75, 3.05) is 18.6 Å². The van der Waals surface area contributed by atoms with E-state index >= 15 is 0 Å². The lowest BCUT2D eigenvalue weighted by molar-refractivity contribution is -0.117. The Morgan fingerprint density at radius 2 is 2.11 bits per heavy atom. The topological polar surface area (TPSA) is 68.5 Å². The van der Waals surface area contributed by atoms with E-state index in [-0.39, 0.29) is 11.8 Å². The van der Waals surface area contributed by atoms with Crippen LogP contribution < -0.4 is 9.64 Å². The zero-order valence-corrected chi connectivity index (χ0v) is 15.7. The van der Waals surface area contributed by atoms with Gasteiger partial charge in [0, 0.05) is 35.5 Å². The molecule has 4 rings (SSSR count). The van der Waals surface area contributed by atoms with Crippen molar-refractivity contribution >= 4 is 23.2 Å². The minimum absolute atomic E-state index is 0.0328. The van der Waals surface area contributed by atoms with Gasteiger partial charge < -0.3 is 14.2 Å². The Morgan fingerprint density at radius 3 is 2.89 bits per heavy atom. The summed E-state index contributed by atoms with van der Waals surface area (Å²) in [6.07, 6.45) is 0.338. The summed E-state index contributed by atoms with van der Waals surface area (Å²) in [7, 11) is 1.61. The quantitative estimate of drug-likeness (QED) is 0.674. The maximum absolute atomic E-state index is 12.6. The molecule has 3 aromatic rings. The molecule has 0 spiro atoms. The number of hydrogen-bond acceptors (Lipinski definition) is 5. The van der Waals surface area contributed by atoms with Crippen LogP contribution in [-0.2, 0) is 4.79 Å². The predicted molar refractivity (Wildman–Crippen MR) is 102 cm³/mol. The van der Waals surface area contributed by atoms with Crippen LogP contribution in [0.3, 0.4) is 0 Å². The molecule has 7 heteroatoms. The van der Waals surface area contributed by atoms with Gasteiger partial charge in [0.05, 0.1) is 12.8 Å². The lowest BCUT2D eigenvalue weighted by Crippen LogP contribution is -2.25. The first kappa shape index (κ1) is 17.5. The predicted octanol–water partition coefficient (Wildman–Crippen LogP) is 4.23. The van der Waals surface area contributed by atoms with Gasteiger partial charge in [-0.15, -0.1) is 0 Å². The van der Waals surface area contributed by atoms with Crippen molar-refractivity contribution in [3.8, 4) is 17.2 Å². The molecule has 1 fully saturated rings. The van der Waals surface area contributed by atoms with Gasteiger partial charge in [0.15, 0.2) is 5.82 Å². The number of methoxy groups -OCH3 is 1. The Labute approximate surface area is 161 Å². The van der Waals surface area contributed by atoms with Gasteiger partial charge in [0.25, 0.3) is 5.89 Å². The van der Waals surface area contributed by atoms with E-state index < -0.39 is 0 Å². The third kappa shape index (κ3) is 3.40. The highest BCUT2D eigenvalue weighted by Crippen LogP contribution is 2.34. The number of amides is 1. The maximum Gasteiger partial charge on any atom is 0.257 e. The van der Waals surface area contributed by atoms with Gasteiger partial charge in [-0.3, -0.25) is 4.79 Å². The first-order valence-corrected chi connectivity index (χ1v) is 8.97. The van der Waals surface area contributed by atoms with Crippen LogP contribution in [0.2, 0.25) is 5.02 Å². The van der Waals surface area contributed by atoms with E-state index in [1.54, 1.807) is 24.1 Å². The molecule has 1 aliphatic rings. The normalized spacial score (nSPS) is 16.8. The summed E-state index contributed by atoms with van der Waals surface area (Å²) in [6, 6.07) is 12.9. The second kappa shape index (κ2) is 7.04. The number of ether oxygens (including phenoxy) is 1. The standard InChI is InChI=1S/C20H18ClN3O3/c1-12-6-7-16(26-2)10-17(12)24-11-14(9-18(24)25)19-22-20(27-23-19)13-4-3-5-15(21)8-13/h3-8,10,14H,9,11H2,1-2H3. The molecule has 1 aromatic heterocycles. The lowest BCUT2D eigenvalue weighted by atomic mass is 10.1. The third-order valence-corrected chi connectivity index (χ3v) is 4.95. The molecule has 1 unspecified atom stereocenters. The third-order valence-electron chi connectivity index (χ3n) is 4.71. The second-order valence-electron chi connectivity index (χ2n) is 6.53. The van der Waals surface area contributed by atoms with E-state index in [1.807, 2.05) is 37.3 Å². The van der Waals surface area contributed by atoms with Crippen molar-refractivity contribution in [2.24, 2.45) is 0 Å². The average molecular weight is 384 g/mol. The van der Waals surface area contributed by atoms with Crippen LogP contribution in [0.25, 0.3) is 11.5 Å². The number of anilines is 1. The largest absolute Gasteiger partial charge is 0.497 e. The number of aromatic nitrogens is 2. The number of hydrogen-bond donors (Lipinski definition) is 0. The Kier molecular flexibility index (Phi) is 4.58. The highest BCUT2D eigenvalue weighted by molar-refractivity contribution is 6.30. The lowest BCUT2D eigenvalue weighted by Gasteiger charge is -2.19. The molecule has 1 saturated heterocycles. The van der Waals surface area contributed by atoms with Crippen molar-refractivity contribution in [2.45, 2.75) is 19.3 Å². The van der Waals surface area contributed by atoms with Crippen LogP contribution in [0.1, 0.15) is 23.7 Å². The Morgan fingerprint density at radius 1 is 1.26 bits per heavy atom. The van der Waals surface area contributed by atoms with Crippen LogP contribution >= 0.6 is 11.6 Å². The number of carbonyl (C=O) groups is 1. The minimum atomic E-state index is -0.125. The summed E-state index contributed by atoms with van der Waals surface area (Å²) in [5.41, 5.74) is 2.61. The highest BCUT2D eigenvalue weighted by atomic mass is 35.5. The molecule has 1 atom stereocenters. The Bertz CT molecular complexity index is 1000. The van der Waals surface area contributed by atoms with Crippen LogP contribution in [0.5, 0.6) is 5.75 Å². The summed E-state index contributed by atoms with van der Waals surface area (Å²) in [6.45, 7) is 2.47. The SMILES string of the molecule is COc1ccc(C)c(N2CC(c3noc(-c4cccc(Cl)c4)n3)CC2=O)c1. The van der Waals surface area contributed by atoms with Gasteiger partial charge in [-0.1, -0.05) is 28.9 Å². The molecule has 138 valence electrons. The van der Waals surface area contributed by atoms with Crippen LogP contribution in [0, 0.1) is 6.92 Å². The summed E-state index contributed by atoms with van der Waals surface area (Å²) in [5.74, 6) is 1.55. The van der Waals surface area contributed by atoms with Crippen molar-refractivity contribution in [3.05, 3.63) is 58.9 Å². The smallest absolute Gasteiger partial charge is 0.257 e. The molecule has 1 aliphatic heterocycles. The van der Waals surface area contributed by atoms with E-state index in [0.717, 1.165) is 22.6 Å². The number of carbonyl (C=O) groups excluding carboxylic acids is 1. The minimum Gasteiger partial charge on any atom is -0.497 e. The Hall–Kier alpha value is -2.86. The zero-order chi connectivity index (χ0) is 19.0. The van der Waals surface area contributed by atoms with E-state index in [1.165, 1.54) is 0 Å². The number of rotatable bonds is 4. The number of benzene rings is 2. The average Bonchev–Trinajstić information content (AvgIpc) is 3.29. The van der Waals surface area contributed by atoms with Gasteiger partial charge in [-0.25, -0.2) is 0 Å². The fraction of sp³-hybridized carbons (Fsp3) is 0.250. The monoisotopic (exact) mass is 383 g/mol. The molecule has 1 amide bonds. The molecule has 0 bridgehead atoms. The van der Waals surface area contributed by atoms with E-state index in [0.29, 0.717) is 29.7 Å². The van der Waals surface area contributed by atoms with Crippen molar-refractivity contribution < 1.29 is 14.1 Å². The summed E-state index contributed by atoms with van der Waals surface area (Å²) in [4.78, 5) is 18.9. The molecular formula is C20H18ClN3O3. The van der Waals surface area contributed by atoms with Gasteiger partial charge in [-0.05, 0) is 36.8 Å². The van der Waals surface area contributed by atoms with Gasteiger partial charge in [0.1, 0.15) is 5.75 Å². The summed E-state index contributed by atoms with van der Waals surface area (Å²) >= 11 is 6.02. The summed E-state index contributed by atoms with van der Waals surface area (Å²) < 4.78 is 10.7. The maximum atomic E-state index is 12.6. The summed E-state index contributed by atoms with van der Waals surface area (Å²) in [5, 5.41) is 4.69. The van der Waals surface area contributed by atoms with Crippen LogP contribution in [0.4, 0.5) is 5.69 Å². The van der Waals surface area contributed by atoms with E-state index in [9.17, 15) is 4.79 Å². The molecule has 0 radical (unpaired) electrons. The Balaban J connectivity index is 1.58. The number of halogens is 1. The second-order valence-corrected chi connectivity index (χ2v) is 6.96. The first-order chi connectivity index (χ1) is 13.0. The fourth-order valence-electron chi connectivity index (χ4n) is 3.26. The molecule has 0 saturated carbocycles. The molecule has 6 nitrogen and oxygen atoms in total. The van der Waals surface area contributed by atoms with E-state index in [2.05, 4.69) is 10.1 Å². The zero-order valence-electron chi connectivity index (χ0n) is 15.0.